The van der Waals surface area contributed by atoms with Crippen molar-refractivity contribution in [1.29, 1.82) is 0 Å². The molecule has 0 unspecified atom stereocenters. The molecule has 1 aromatic heterocycles. The first-order chi connectivity index (χ1) is 8.56. The average molecular weight is 290 g/mol. The quantitative estimate of drug-likeness (QED) is 0.375. The standard InChI is InChI=1S/C10H12ClN3O3S/c1-18-4-2-3-12-10(15)8-5-7(14(16)17)6-13-9(8)11/h5-6H,2-4H2,1H3,(H,12,15). The summed E-state index contributed by atoms with van der Waals surface area (Å²) in [7, 11) is 0. The fraction of sp³-hybridized carbons (Fsp3) is 0.400. The Balaban J connectivity index is 2.72. The molecule has 1 rings (SSSR count). The van der Waals surface area contributed by atoms with Crippen molar-refractivity contribution in [3.63, 3.8) is 0 Å². The van der Waals surface area contributed by atoms with Crippen molar-refractivity contribution in [1.82, 2.24) is 10.3 Å². The Morgan fingerprint density at radius 1 is 1.67 bits per heavy atom. The maximum atomic E-state index is 11.7. The lowest BCUT2D eigenvalue weighted by Crippen LogP contribution is -2.25. The largest absolute Gasteiger partial charge is 0.352 e. The molecule has 1 heterocycles. The topological polar surface area (TPSA) is 85.1 Å². The molecule has 0 saturated heterocycles. The lowest BCUT2D eigenvalue weighted by Gasteiger charge is -2.05. The van der Waals surface area contributed by atoms with E-state index in [1.54, 1.807) is 11.8 Å². The van der Waals surface area contributed by atoms with Crippen LogP contribution in [-0.2, 0) is 0 Å². The van der Waals surface area contributed by atoms with Crippen molar-refractivity contribution < 1.29 is 9.72 Å². The highest BCUT2D eigenvalue weighted by Crippen LogP contribution is 2.18. The fourth-order valence-electron chi connectivity index (χ4n) is 1.21. The minimum atomic E-state index is -0.617. The SMILES string of the molecule is CSCCCNC(=O)c1cc([N+](=O)[O-])cnc1Cl. The van der Waals surface area contributed by atoms with Gasteiger partial charge in [0.25, 0.3) is 11.6 Å². The van der Waals surface area contributed by atoms with Gasteiger partial charge in [-0.3, -0.25) is 14.9 Å². The second kappa shape index (κ2) is 7.17. The van der Waals surface area contributed by atoms with Gasteiger partial charge in [0.2, 0.25) is 0 Å². The van der Waals surface area contributed by atoms with Crippen LogP contribution in [0.3, 0.4) is 0 Å². The van der Waals surface area contributed by atoms with E-state index in [0.29, 0.717) is 6.54 Å². The summed E-state index contributed by atoms with van der Waals surface area (Å²) in [5, 5.41) is 13.2. The number of halogens is 1. The molecule has 0 spiro atoms. The molecule has 8 heteroatoms. The highest BCUT2D eigenvalue weighted by atomic mass is 35.5. The minimum Gasteiger partial charge on any atom is -0.352 e. The van der Waals surface area contributed by atoms with Crippen LogP contribution in [-0.4, -0.2) is 34.4 Å². The number of amides is 1. The molecule has 1 N–H and O–H groups in total. The summed E-state index contributed by atoms with van der Waals surface area (Å²) in [5.74, 6) is 0.485. The Labute approximate surface area is 113 Å². The first kappa shape index (κ1) is 14.7. The number of nitro groups is 1. The van der Waals surface area contributed by atoms with Gasteiger partial charge in [0.1, 0.15) is 11.3 Å². The van der Waals surface area contributed by atoms with Gasteiger partial charge in [-0.2, -0.15) is 11.8 Å². The maximum absolute atomic E-state index is 11.7. The first-order valence-corrected chi connectivity index (χ1v) is 6.90. The van der Waals surface area contributed by atoms with Gasteiger partial charge in [-0.25, -0.2) is 4.98 Å². The summed E-state index contributed by atoms with van der Waals surface area (Å²) in [6.07, 6.45) is 3.82. The Bertz CT molecular complexity index is 456. The molecule has 0 saturated carbocycles. The molecule has 1 aromatic rings. The van der Waals surface area contributed by atoms with Gasteiger partial charge >= 0.3 is 0 Å². The van der Waals surface area contributed by atoms with Gasteiger partial charge in [0.15, 0.2) is 0 Å². The van der Waals surface area contributed by atoms with Gasteiger partial charge in [-0.1, -0.05) is 11.6 Å². The van der Waals surface area contributed by atoms with Crippen LogP contribution in [0, 0.1) is 10.1 Å². The molecule has 1 amide bonds. The van der Waals surface area contributed by atoms with Crippen molar-refractivity contribution in [2.75, 3.05) is 18.6 Å². The zero-order valence-electron chi connectivity index (χ0n) is 9.68. The highest BCUT2D eigenvalue weighted by Gasteiger charge is 2.16. The molecule has 0 aliphatic heterocycles. The van der Waals surface area contributed by atoms with Gasteiger partial charge in [0, 0.05) is 12.6 Å². The van der Waals surface area contributed by atoms with E-state index in [1.807, 2.05) is 6.26 Å². The van der Waals surface area contributed by atoms with Crippen molar-refractivity contribution in [2.24, 2.45) is 0 Å². The molecule has 0 atom stereocenters. The van der Waals surface area contributed by atoms with Crippen LogP contribution in [0.25, 0.3) is 0 Å². The summed E-state index contributed by atoms with van der Waals surface area (Å²) in [6, 6.07) is 1.12. The Morgan fingerprint density at radius 3 is 3.00 bits per heavy atom. The van der Waals surface area contributed by atoms with Crippen LogP contribution in [0.2, 0.25) is 5.15 Å². The number of hydrogen-bond donors (Lipinski definition) is 1. The lowest BCUT2D eigenvalue weighted by atomic mass is 10.2. The number of nitrogens with one attached hydrogen (secondary N) is 1. The number of nitrogens with zero attached hydrogens (tertiary/aromatic N) is 2. The predicted molar refractivity (Wildman–Crippen MR) is 71.2 cm³/mol. The van der Waals surface area contributed by atoms with Crippen LogP contribution in [0.4, 0.5) is 5.69 Å². The minimum absolute atomic E-state index is 0.0232. The number of pyridine rings is 1. The summed E-state index contributed by atoms with van der Waals surface area (Å²) in [5.41, 5.74) is -0.233. The van der Waals surface area contributed by atoms with Crippen molar-refractivity contribution >= 4 is 35.0 Å². The van der Waals surface area contributed by atoms with E-state index in [1.165, 1.54) is 0 Å². The van der Waals surface area contributed by atoms with Crippen LogP contribution in [0.5, 0.6) is 0 Å². The molecule has 0 aromatic carbocycles. The Kier molecular flexibility index (Phi) is 5.87. The molecular formula is C10H12ClN3O3S. The van der Waals surface area contributed by atoms with E-state index in [2.05, 4.69) is 10.3 Å². The monoisotopic (exact) mass is 289 g/mol. The van der Waals surface area contributed by atoms with Gasteiger partial charge in [-0.15, -0.1) is 0 Å². The zero-order chi connectivity index (χ0) is 13.5. The van der Waals surface area contributed by atoms with Crippen LogP contribution in [0.1, 0.15) is 16.8 Å². The van der Waals surface area contributed by atoms with Crippen molar-refractivity contribution in [2.45, 2.75) is 6.42 Å². The third-order valence-electron chi connectivity index (χ3n) is 2.09. The van der Waals surface area contributed by atoms with Crippen molar-refractivity contribution in [3.8, 4) is 0 Å². The molecular weight excluding hydrogens is 278 g/mol. The fourth-order valence-corrected chi connectivity index (χ4v) is 1.83. The number of hydrogen-bond acceptors (Lipinski definition) is 5. The molecule has 0 aliphatic carbocycles. The summed E-state index contributed by atoms with van der Waals surface area (Å²) in [6.45, 7) is 0.499. The molecule has 0 aliphatic rings. The number of carbonyl (C=O) groups excluding carboxylic acids is 1. The van der Waals surface area contributed by atoms with E-state index in [-0.39, 0.29) is 16.4 Å². The van der Waals surface area contributed by atoms with E-state index < -0.39 is 10.8 Å². The zero-order valence-corrected chi connectivity index (χ0v) is 11.3. The van der Waals surface area contributed by atoms with Gasteiger partial charge in [0.05, 0.1) is 10.5 Å². The molecule has 0 radical (unpaired) electrons. The molecule has 6 nitrogen and oxygen atoms in total. The highest BCUT2D eigenvalue weighted by molar-refractivity contribution is 7.98. The number of rotatable bonds is 6. The van der Waals surface area contributed by atoms with Crippen molar-refractivity contribution in [3.05, 3.63) is 33.1 Å². The molecule has 0 fully saturated rings. The summed E-state index contributed by atoms with van der Waals surface area (Å²) in [4.78, 5) is 25.3. The number of aromatic nitrogens is 1. The third kappa shape index (κ3) is 4.15. The van der Waals surface area contributed by atoms with Crippen LogP contribution in [0.15, 0.2) is 12.3 Å². The molecule has 18 heavy (non-hydrogen) atoms. The van der Waals surface area contributed by atoms with E-state index in [4.69, 9.17) is 11.6 Å². The summed E-state index contributed by atoms with van der Waals surface area (Å²) < 4.78 is 0. The second-order valence-corrected chi connectivity index (χ2v) is 4.73. The molecule has 0 bridgehead atoms. The third-order valence-corrected chi connectivity index (χ3v) is 3.09. The Hall–Kier alpha value is -1.34. The average Bonchev–Trinajstić information content (AvgIpc) is 2.34. The smallest absolute Gasteiger partial charge is 0.288 e. The van der Waals surface area contributed by atoms with Crippen LogP contribution >= 0.6 is 23.4 Å². The molecule has 98 valence electrons. The van der Waals surface area contributed by atoms with E-state index in [9.17, 15) is 14.9 Å². The normalized spacial score (nSPS) is 10.1. The van der Waals surface area contributed by atoms with E-state index >= 15 is 0 Å². The maximum Gasteiger partial charge on any atom is 0.288 e. The van der Waals surface area contributed by atoms with Gasteiger partial charge in [-0.05, 0) is 18.4 Å². The first-order valence-electron chi connectivity index (χ1n) is 5.13. The lowest BCUT2D eigenvalue weighted by molar-refractivity contribution is -0.385. The summed E-state index contributed by atoms with van der Waals surface area (Å²) >= 11 is 7.42. The van der Waals surface area contributed by atoms with Gasteiger partial charge < -0.3 is 5.32 Å². The van der Waals surface area contributed by atoms with Crippen LogP contribution < -0.4 is 5.32 Å². The second-order valence-electron chi connectivity index (χ2n) is 3.39. The predicted octanol–water partition coefficient (Wildman–Crippen LogP) is 2.13. The van der Waals surface area contributed by atoms with E-state index in [0.717, 1.165) is 24.4 Å². The number of carbonyl (C=O) groups is 1. The number of thioether (sulfide) groups is 1. The Morgan fingerprint density at radius 2 is 2.39 bits per heavy atom.